The zero-order valence-electron chi connectivity index (χ0n) is 11.0. The van der Waals surface area contributed by atoms with Gasteiger partial charge in [0.25, 0.3) is 0 Å². The molecule has 0 bridgehead atoms. The highest BCUT2D eigenvalue weighted by Gasteiger charge is 2.47. The van der Waals surface area contributed by atoms with Crippen LogP contribution in [-0.2, 0) is 13.6 Å². The van der Waals surface area contributed by atoms with Gasteiger partial charge < -0.3 is 5.11 Å². The van der Waals surface area contributed by atoms with Crippen LogP contribution < -0.4 is 0 Å². The lowest BCUT2D eigenvalue weighted by Gasteiger charge is -2.44. The molecule has 0 spiro atoms. The van der Waals surface area contributed by atoms with E-state index >= 15 is 0 Å². The van der Waals surface area contributed by atoms with Crippen LogP contribution in [0.3, 0.4) is 0 Å². The highest BCUT2D eigenvalue weighted by molar-refractivity contribution is 8.55. The molecular weight excluding hydrogens is 271 g/mol. The molecule has 1 aliphatic carbocycles. The summed E-state index contributed by atoms with van der Waals surface area (Å²) in [6.07, 6.45) is 5.96. The summed E-state index contributed by atoms with van der Waals surface area (Å²) < 4.78 is 23.2. The van der Waals surface area contributed by atoms with Crippen LogP contribution in [0, 0.1) is 11.3 Å². The van der Waals surface area contributed by atoms with Gasteiger partial charge in [-0.2, -0.15) is 0 Å². The van der Waals surface area contributed by atoms with E-state index in [2.05, 4.69) is 0 Å². The lowest BCUT2D eigenvalue weighted by molar-refractivity contribution is -0.0640. The van der Waals surface area contributed by atoms with Crippen molar-refractivity contribution in [3.05, 3.63) is 0 Å². The van der Waals surface area contributed by atoms with Crippen molar-refractivity contribution >= 4 is 18.2 Å². The van der Waals surface area contributed by atoms with Crippen molar-refractivity contribution in [1.82, 2.24) is 0 Å². The van der Waals surface area contributed by atoms with E-state index in [-0.39, 0.29) is 12.0 Å². The Morgan fingerprint density at radius 2 is 1.89 bits per heavy atom. The van der Waals surface area contributed by atoms with Gasteiger partial charge in [-0.05, 0) is 30.1 Å². The van der Waals surface area contributed by atoms with Gasteiger partial charge in [-0.1, -0.05) is 26.2 Å². The van der Waals surface area contributed by atoms with Gasteiger partial charge in [0.1, 0.15) is 0 Å². The molecule has 0 atom stereocenters. The smallest absolute Gasteiger partial charge is 0.389 e. The lowest BCUT2D eigenvalue weighted by Crippen LogP contribution is -2.45. The number of rotatable bonds is 4. The van der Waals surface area contributed by atoms with Gasteiger partial charge in [0.05, 0.1) is 19.8 Å². The standard InChI is InChI=1S/C12H23O4PS/c1-2-18-17(14)15-9-12(8-13,10-16-17)11-6-4-3-5-7-11/h11,13H,2-10H2,1H3. The first-order valence-electron chi connectivity index (χ1n) is 6.79. The first-order chi connectivity index (χ1) is 8.64. The lowest BCUT2D eigenvalue weighted by atomic mass is 9.70. The molecule has 4 nitrogen and oxygen atoms in total. The zero-order chi connectivity index (χ0) is 13.1. The van der Waals surface area contributed by atoms with Crippen LogP contribution in [0.4, 0.5) is 0 Å². The maximum Gasteiger partial charge on any atom is 0.389 e. The van der Waals surface area contributed by atoms with Crippen LogP contribution in [0.1, 0.15) is 39.0 Å². The Morgan fingerprint density at radius 1 is 1.28 bits per heavy atom. The minimum Gasteiger partial charge on any atom is -0.396 e. The minimum atomic E-state index is -2.95. The molecule has 0 unspecified atom stereocenters. The first kappa shape index (κ1) is 14.9. The van der Waals surface area contributed by atoms with Crippen LogP contribution in [-0.4, -0.2) is 30.7 Å². The van der Waals surface area contributed by atoms with Crippen molar-refractivity contribution in [2.45, 2.75) is 39.0 Å². The summed E-state index contributed by atoms with van der Waals surface area (Å²) in [6.45, 7) is -0.205. The van der Waals surface area contributed by atoms with E-state index in [4.69, 9.17) is 9.05 Å². The Morgan fingerprint density at radius 3 is 2.39 bits per heavy atom. The fourth-order valence-corrected chi connectivity index (χ4v) is 5.98. The second-order valence-electron chi connectivity index (χ2n) is 5.27. The summed E-state index contributed by atoms with van der Waals surface area (Å²) in [5.74, 6) is 1.16. The molecule has 0 radical (unpaired) electrons. The van der Waals surface area contributed by atoms with Gasteiger partial charge in [-0.15, -0.1) is 0 Å². The van der Waals surface area contributed by atoms with Gasteiger partial charge in [-0.25, -0.2) is 4.57 Å². The summed E-state index contributed by atoms with van der Waals surface area (Å²) in [6, 6.07) is 0. The van der Waals surface area contributed by atoms with E-state index in [1.807, 2.05) is 6.92 Å². The molecule has 0 aromatic heterocycles. The van der Waals surface area contributed by atoms with E-state index in [0.29, 0.717) is 24.9 Å². The molecule has 0 amide bonds. The SMILES string of the molecule is CCSP1(=O)OCC(CO)(C2CCCCC2)CO1. The topological polar surface area (TPSA) is 55.8 Å². The fraction of sp³-hybridized carbons (Fsp3) is 1.00. The quantitative estimate of drug-likeness (QED) is 0.805. The van der Waals surface area contributed by atoms with Crippen LogP contribution in [0.25, 0.3) is 0 Å². The Kier molecular flexibility index (Phi) is 5.18. The molecule has 6 heteroatoms. The summed E-state index contributed by atoms with van der Waals surface area (Å²) in [7, 11) is 0. The molecule has 1 aliphatic heterocycles. The third-order valence-electron chi connectivity index (χ3n) is 4.09. The molecule has 2 fully saturated rings. The minimum absolute atomic E-state index is 0.0639. The molecule has 2 aliphatic rings. The van der Waals surface area contributed by atoms with E-state index in [1.165, 1.54) is 30.6 Å². The number of aliphatic hydroxyl groups is 1. The van der Waals surface area contributed by atoms with Crippen LogP contribution in [0.5, 0.6) is 0 Å². The molecule has 0 aromatic carbocycles. The van der Waals surface area contributed by atoms with E-state index in [9.17, 15) is 9.67 Å². The Labute approximate surface area is 113 Å². The predicted octanol–water partition coefficient (Wildman–Crippen LogP) is 3.45. The second-order valence-corrected chi connectivity index (χ2v) is 9.63. The van der Waals surface area contributed by atoms with Crippen molar-refractivity contribution < 1.29 is 18.7 Å². The molecule has 1 N–H and O–H groups in total. The monoisotopic (exact) mass is 294 g/mol. The molecular formula is C12H23O4PS. The third-order valence-corrected chi connectivity index (χ3v) is 7.91. The van der Waals surface area contributed by atoms with Gasteiger partial charge in [0, 0.05) is 11.2 Å². The van der Waals surface area contributed by atoms with Crippen molar-refractivity contribution in [3.8, 4) is 0 Å². The second kappa shape index (κ2) is 6.27. The highest BCUT2D eigenvalue weighted by atomic mass is 32.7. The van der Waals surface area contributed by atoms with Crippen LogP contribution in [0.2, 0.25) is 0 Å². The van der Waals surface area contributed by atoms with Gasteiger partial charge in [-0.3, -0.25) is 9.05 Å². The maximum atomic E-state index is 12.2. The van der Waals surface area contributed by atoms with E-state index in [0.717, 1.165) is 12.8 Å². The van der Waals surface area contributed by atoms with Crippen molar-refractivity contribution in [1.29, 1.82) is 0 Å². The van der Waals surface area contributed by atoms with Crippen LogP contribution in [0.15, 0.2) is 0 Å². The van der Waals surface area contributed by atoms with E-state index < -0.39 is 6.80 Å². The molecule has 18 heavy (non-hydrogen) atoms. The maximum absolute atomic E-state index is 12.2. The van der Waals surface area contributed by atoms with Gasteiger partial charge in [0.15, 0.2) is 0 Å². The Bertz CT molecular complexity index is 305. The summed E-state index contributed by atoms with van der Waals surface area (Å²) in [5.41, 5.74) is -0.331. The molecule has 2 rings (SSSR count). The summed E-state index contributed by atoms with van der Waals surface area (Å²) in [4.78, 5) is 0. The molecule has 1 saturated carbocycles. The molecule has 106 valence electrons. The fourth-order valence-electron chi connectivity index (χ4n) is 2.90. The van der Waals surface area contributed by atoms with Crippen molar-refractivity contribution in [3.63, 3.8) is 0 Å². The number of hydrogen-bond donors (Lipinski definition) is 1. The Hall–Kier alpha value is 0.460. The largest absolute Gasteiger partial charge is 0.396 e. The van der Waals surface area contributed by atoms with Crippen LogP contribution >= 0.6 is 18.2 Å². The predicted molar refractivity (Wildman–Crippen MR) is 73.7 cm³/mol. The molecule has 0 aromatic rings. The van der Waals surface area contributed by atoms with Gasteiger partial charge >= 0.3 is 6.80 Å². The van der Waals surface area contributed by atoms with E-state index in [1.54, 1.807) is 0 Å². The highest BCUT2D eigenvalue weighted by Crippen LogP contribution is 2.64. The van der Waals surface area contributed by atoms with Crippen molar-refractivity contribution in [2.24, 2.45) is 11.3 Å². The summed E-state index contributed by atoms with van der Waals surface area (Å²) >= 11 is 1.24. The molecule has 1 saturated heterocycles. The molecule has 1 heterocycles. The average Bonchev–Trinajstić information content (AvgIpc) is 2.41. The third kappa shape index (κ3) is 3.13. The number of aliphatic hydroxyl groups excluding tert-OH is 1. The summed E-state index contributed by atoms with van der Waals surface area (Å²) in [5, 5.41) is 9.74. The van der Waals surface area contributed by atoms with Crippen molar-refractivity contribution in [2.75, 3.05) is 25.6 Å². The first-order valence-corrected chi connectivity index (χ1v) is 9.92. The normalized spacial score (nSPS) is 38.8. The van der Waals surface area contributed by atoms with Gasteiger partial charge in [0.2, 0.25) is 0 Å². The average molecular weight is 294 g/mol. The Balaban J connectivity index is 2.00. The zero-order valence-corrected chi connectivity index (χ0v) is 12.7. The number of hydrogen-bond acceptors (Lipinski definition) is 5.